The van der Waals surface area contributed by atoms with E-state index in [2.05, 4.69) is 46.4 Å². The van der Waals surface area contributed by atoms with Crippen LogP contribution in [0.15, 0.2) is 46.9 Å². The summed E-state index contributed by atoms with van der Waals surface area (Å²) in [7, 11) is 0. The molecule has 0 aliphatic heterocycles. The van der Waals surface area contributed by atoms with Gasteiger partial charge in [-0.1, -0.05) is 35.9 Å². The van der Waals surface area contributed by atoms with Crippen molar-refractivity contribution in [1.82, 2.24) is 0 Å². The van der Waals surface area contributed by atoms with Gasteiger partial charge in [-0.15, -0.1) is 0 Å². The first kappa shape index (κ1) is 13.7. The summed E-state index contributed by atoms with van der Waals surface area (Å²) in [6.45, 7) is 2.20. The molecule has 2 aromatic carbocycles. The summed E-state index contributed by atoms with van der Waals surface area (Å²) in [5, 5.41) is 13.6. The van der Waals surface area contributed by atoms with E-state index in [-0.39, 0.29) is 12.1 Å². The number of rotatable bonds is 3. The van der Waals surface area contributed by atoms with Gasteiger partial charge < -0.3 is 10.4 Å². The number of fused-ring (bicyclic) bond motifs is 1. The van der Waals surface area contributed by atoms with E-state index in [1.54, 1.807) is 0 Å². The maximum Gasteiger partial charge on any atom is 0.0862 e. The van der Waals surface area contributed by atoms with E-state index in [1.807, 2.05) is 24.3 Å². The lowest BCUT2D eigenvalue weighted by molar-refractivity contribution is 0.211. The van der Waals surface area contributed by atoms with Crippen LogP contribution in [0.5, 0.6) is 0 Å². The summed E-state index contributed by atoms with van der Waals surface area (Å²) in [6, 6.07) is 14.6. The molecule has 0 heterocycles. The quantitative estimate of drug-likeness (QED) is 0.890. The minimum atomic E-state index is -0.370. The molecule has 2 nitrogen and oxygen atoms in total. The molecule has 20 heavy (non-hydrogen) atoms. The van der Waals surface area contributed by atoms with Gasteiger partial charge in [-0.25, -0.2) is 0 Å². The lowest BCUT2D eigenvalue weighted by atomic mass is 9.91. The molecule has 1 unspecified atom stereocenters. The molecule has 1 atom stereocenters. The highest BCUT2D eigenvalue weighted by Crippen LogP contribution is 2.41. The van der Waals surface area contributed by atoms with Crippen molar-refractivity contribution in [2.45, 2.75) is 25.3 Å². The second-order valence-corrected chi connectivity index (χ2v) is 6.36. The second-order valence-electron chi connectivity index (χ2n) is 5.51. The van der Waals surface area contributed by atoms with Gasteiger partial charge in [0.05, 0.1) is 12.1 Å². The lowest BCUT2D eigenvalue weighted by Crippen LogP contribution is -2.37. The first-order valence-electron chi connectivity index (χ1n) is 6.88. The molecule has 0 radical (unpaired) electrons. The number of anilines is 1. The Bertz CT molecular complexity index is 641. The summed E-state index contributed by atoms with van der Waals surface area (Å²) in [5.74, 6) is 0. The Labute approximate surface area is 128 Å². The number of nitrogens with one attached hydrogen (secondary N) is 1. The van der Waals surface area contributed by atoms with Crippen molar-refractivity contribution in [1.29, 1.82) is 0 Å². The lowest BCUT2D eigenvalue weighted by Gasteiger charge is -2.31. The molecule has 3 rings (SSSR count). The SMILES string of the molecule is Cc1ccc2c(c1)C(CO)(Nc1ccccc1Br)CC2. The van der Waals surface area contributed by atoms with Crippen molar-refractivity contribution < 1.29 is 5.11 Å². The zero-order valence-corrected chi connectivity index (χ0v) is 13.1. The van der Waals surface area contributed by atoms with Gasteiger partial charge in [0.15, 0.2) is 0 Å². The Morgan fingerprint density at radius 1 is 1.25 bits per heavy atom. The van der Waals surface area contributed by atoms with Crippen LogP contribution in [0.1, 0.15) is 23.1 Å². The first-order chi connectivity index (χ1) is 9.64. The van der Waals surface area contributed by atoms with E-state index in [1.165, 1.54) is 16.7 Å². The van der Waals surface area contributed by atoms with Gasteiger partial charge in [0.2, 0.25) is 0 Å². The summed E-state index contributed by atoms with van der Waals surface area (Å²) in [6.07, 6.45) is 1.93. The summed E-state index contributed by atoms with van der Waals surface area (Å²) in [5.41, 5.74) is 4.46. The van der Waals surface area contributed by atoms with E-state index in [0.717, 1.165) is 23.0 Å². The third-order valence-corrected chi connectivity index (χ3v) is 4.81. The molecule has 0 fully saturated rings. The highest BCUT2D eigenvalue weighted by molar-refractivity contribution is 9.10. The third-order valence-electron chi connectivity index (χ3n) is 4.12. The van der Waals surface area contributed by atoms with Crippen molar-refractivity contribution in [3.8, 4) is 0 Å². The topological polar surface area (TPSA) is 32.3 Å². The van der Waals surface area contributed by atoms with Gasteiger partial charge in [0.25, 0.3) is 0 Å². The maximum absolute atomic E-state index is 10.0. The van der Waals surface area contributed by atoms with Gasteiger partial charge in [0, 0.05) is 10.2 Å². The number of hydrogen-bond acceptors (Lipinski definition) is 2. The number of benzene rings is 2. The number of aliphatic hydroxyl groups excluding tert-OH is 1. The summed E-state index contributed by atoms with van der Waals surface area (Å²) in [4.78, 5) is 0. The van der Waals surface area contributed by atoms with Gasteiger partial charge in [-0.3, -0.25) is 0 Å². The van der Waals surface area contributed by atoms with Crippen LogP contribution in [0.25, 0.3) is 0 Å². The van der Waals surface area contributed by atoms with Gasteiger partial charge in [-0.2, -0.15) is 0 Å². The van der Waals surface area contributed by atoms with Crippen molar-refractivity contribution in [2.75, 3.05) is 11.9 Å². The normalized spacial score (nSPS) is 20.8. The number of aryl methyl sites for hydroxylation is 2. The standard InChI is InChI=1S/C17H18BrNO/c1-12-6-7-13-8-9-17(11-20,14(13)10-12)19-16-5-3-2-4-15(16)18/h2-7,10,19-20H,8-9,11H2,1H3. The molecule has 0 spiro atoms. The Kier molecular flexibility index (Phi) is 3.57. The molecule has 0 saturated heterocycles. The van der Waals surface area contributed by atoms with Crippen LogP contribution in [-0.4, -0.2) is 11.7 Å². The smallest absolute Gasteiger partial charge is 0.0862 e. The molecular weight excluding hydrogens is 314 g/mol. The van der Waals surface area contributed by atoms with Crippen molar-refractivity contribution in [3.05, 3.63) is 63.6 Å². The van der Waals surface area contributed by atoms with Gasteiger partial charge in [0.1, 0.15) is 0 Å². The predicted octanol–water partition coefficient (Wildman–Crippen LogP) is 4.00. The van der Waals surface area contributed by atoms with Crippen LogP contribution >= 0.6 is 15.9 Å². The van der Waals surface area contributed by atoms with Crippen LogP contribution in [0.3, 0.4) is 0 Å². The van der Waals surface area contributed by atoms with Gasteiger partial charge in [-0.05, 0) is 59.0 Å². The molecular formula is C17H18BrNO. The van der Waals surface area contributed by atoms with E-state index in [0.29, 0.717) is 0 Å². The summed E-state index contributed by atoms with van der Waals surface area (Å²) >= 11 is 3.57. The monoisotopic (exact) mass is 331 g/mol. The average Bonchev–Trinajstić information content (AvgIpc) is 2.80. The molecule has 0 amide bonds. The van der Waals surface area contributed by atoms with Gasteiger partial charge >= 0.3 is 0 Å². The zero-order chi connectivity index (χ0) is 14.2. The largest absolute Gasteiger partial charge is 0.394 e. The molecule has 1 aliphatic rings. The molecule has 2 N–H and O–H groups in total. The Morgan fingerprint density at radius 2 is 2.05 bits per heavy atom. The van der Waals surface area contributed by atoms with E-state index in [4.69, 9.17) is 0 Å². The number of halogens is 1. The fourth-order valence-electron chi connectivity index (χ4n) is 2.99. The minimum absolute atomic E-state index is 0.102. The van der Waals surface area contributed by atoms with E-state index >= 15 is 0 Å². The number of aliphatic hydroxyl groups is 1. The Morgan fingerprint density at radius 3 is 2.80 bits per heavy atom. The number of hydrogen-bond donors (Lipinski definition) is 2. The van der Waals surface area contributed by atoms with Crippen LogP contribution in [0.2, 0.25) is 0 Å². The highest BCUT2D eigenvalue weighted by Gasteiger charge is 2.38. The Hall–Kier alpha value is -1.32. The fourth-order valence-corrected chi connectivity index (χ4v) is 3.37. The molecule has 1 aliphatic carbocycles. The molecule has 104 valence electrons. The number of para-hydroxylation sites is 1. The second kappa shape index (κ2) is 5.23. The van der Waals surface area contributed by atoms with E-state index < -0.39 is 0 Å². The van der Waals surface area contributed by atoms with Crippen LogP contribution < -0.4 is 5.32 Å². The van der Waals surface area contributed by atoms with Crippen molar-refractivity contribution in [3.63, 3.8) is 0 Å². The molecule has 0 bridgehead atoms. The van der Waals surface area contributed by atoms with Crippen molar-refractivity contribution in [2.24, 2.45) is 0 Å². The average molecular weight is 332 g/mol. The van der Waals surface area contributed by atoms with Crippen LogP contribution in [-0.2, 0) is 12.0 Å². The highest BCUT2D eigenvalue weighted by atomic mass is 79.9. The minimum Gasteiger partial charge on any atom is -0.394 e. The predicted molar refractivity (Wildman–Crippen MR) is 86.0 cm³/mol. The van der Waals surface area contributed by atoms with Crippen molar-refractivity contribution >= 4 is 21.6 Å². The molecule has 0 saturated carbocycles. The Balaban J connectivity index is 2.03. The third kappa shape index (κ3) is 2.25. The van der Waals surface area contributed by atoms with E-state index in [9.17, 15) is 5.11 Å². The molecule has 3 heteroatoms. The first-order valence-corrected chi connectivity index (χ1v) is 7.67. The maximum atomic E-state index is 10.0. The molecule has 2 aromatic rings. The van der Waals surface area contributed by atoms with Crippen LogP contribution in [0, 0.1) is 6.92 Å². The van der Waals surface area contributed by atoms with Crippen LogP contribution in [0.4, 0.5) is 5.69 Å². The summed E-state index contributed by atoms with van der Waals surface area (Å²) < 4.78 is 1.02. The molecule has 0 aromatic heterocycles. The fraction of sp³-hybridized carbons (Fsp3) is 0.294. The zero-order valence-electron chi connectivity index (χ0n) is 11.5.